The van der Waals surface area contributed by atoms with Crippen LogP contribution in [0.1, 0.15) is 57.6 Å². The Bertz CT molecular complexity index is 875. The molecule has 0 amide bonds. The molecular formula is C24H30O2. The van der Waals surface area contributed by atoms with Gasteiger partial charge in [0, 0.05) is 11.5 Å². The summed E-state index contributed by atoms with van der Waals surface area (Å²) in [5.74, 6) is 0. The van der Waals surface area contributed by atoms with Crippen LogP contribution < -0.4 is 5.63 Å². The van der Waals surface area contributed by atoms with Crippen molar-refractivity contribution in [2.24, 2.45) is 0 Å². The highest BCUT2D eigenvalue weighted by atomic mass is 16.4. The van der Waals surface area contributed by atoms with Crippen molar-refractivity contribution in [2.75, 3.05) is 0 Å². The molecule has 1 aromatic carbocycles. The molecule has 26 heavy (non-hydrogen) atoms. The molecule has 0 N–H and O–H groups in total. The molecule has 2 nitrogen and oxygen atoms in total. The Morgan fingerprint density at radius 1 is 1.00 bits per heavy atom. The van der Waals surface area contributed by atoms with Crippen LogP contribution in [0.3, 0.4) is 0 Å². The zero-order valence-corrected chi connectivity index (χ0v) is 16.5. The van der Waals surface area contributed by atoms with Gasteiger partial charge in [0.1, 0.15) is 5.58 Å². The second-order valence-electron chi connectivity index (χ2n) is 7.19. The smallest absolute Gasteiger partial charge is 0.336 e. The third-order valence-corrected chi connectivity index (χ3v) is 4.50. The molecule has 138 valence electrons. The Labute approximate surface area is 156 Å². The minimum Gasteiger partial charge on any atom is -0.423 e. The Balaban J connectivity index is 1.84. The van der Waals surface area contributed by atoms with Crippen molar-refractivity contribution in [3.05, 3.63) is 81.3 Å². The number of allylic oxidation sites excluding steroid dienone is 6. The first-order valence-corrected chi connectivity index (χ1v) is 9.43. The number of hydrogen-bond donors (Lipinski definition) is 0. The third kappa shape index (κ3) is 6.51. The standard InChI is InChI=1S/C24H30O2/c1-18(2)10-9-12-19(3)11-7-5-6-8-13-21-17-22-14-15-24(25)26-23(22)16-20(21)4/h6,8,10-11,14-17H,5,7,9,12-13H2,1-4H3/b8-6+,19-11+. The van der Waals surface area contributed by atoms with Gasteiger partial charge in [-0.2, -0.15) is 0 Å². The van der Waals surface area contributed by atoms with Gasteiger partial charge in [0.2, 0.25) is 0 Å². The second kappa shape index (κ2) is 9.96. The summed E-state index contributed by atoms with van der Waals surface area (Å²) < 4.78 is 5.23. The van der Waals surface area contributed by atoms with Crippen LogP contribution >= 0.6 is 0 Å². The van der Waals surface area contributed by atoms with Gasteiger partial charge in [0.25, 0.3) is 0 Å². The predicted octanol–water partition coefficient (Wildman–Crippen LogP) is 6.67. The normalized spacial score (nSPS) is 12.1. The van der Waals surface area contributed by atoms with Gasteiger partial charge >= 0.3 is 5.63 Å². The summed E-state index contributed by atoms with van der Waals surface area (Å²) in [6.07, 6.45) is 14.5. The van der Waals surface area contributed by atoms with Gasteiger partial charge in [-0.1, -0.05) is 35.5 Å². The van der Waals surface area contributed by atoms with Crippen molar-refractivity contribution in [1.82, 2.24) is 0 Å². The van der Waals surface area contributed by atoms with E-state index in [1.807, 2.05) is 12.1 Å². The lowest BCUT2D eigenvalue weighted by molar-refractivity contribution is 0.560. The third-order valence-electron chi connectivity index (χ3n) is 4.50. The number of fused-ring (bicyclic) bond motifs is 1. The van der Waals surface area contributed by atoms with E-state index in [0.717, 1.165) is 43.1 Å². The van der Waals surface area contributed by atoms with Crippen molar-refractivity contribution >= 4 is 11.0 Å². The van der Waals surface area contributed by atoms with Gasteiger partial charge in [0.05, 0.1) is 0 Å². The molecule has 0 radical (unpaired) electrons. The van der Waals surface area contributed by atoms with E-state index in [1.54, 1.807) is 0 Å². The van der Waals surface area contributed by atoms with Crippen LogP contribution in [0.15, 0.2) is 68.9 Å². The zero-order chi connectivity index (χ0) is 18.9. The molecular weight excluding hydrogens is 320 g/mol. The molecule has 0 aliphatic carbocycles. The summed E-state index contributed by atoms with van der Waals surface area (Å²) >= 11 is 0. The average Bonchev–Trinajstić information content (AvgIpc) is 2.58. The predicted molar refractivity (Wildman–Crippen MR) is 112 cm³/mol. The minimum atomic E-state index is -0.297. The van der Waals surface area contributed by atoms with Gasteiger partial charge in [-0.15, -0.1) is 0 Å². The number of unbranched alkanes of at least 4 members (excludes halogenated alkanes) is 1. The minimum absolute atomic E-state index is 0.297. The molecule has 0 bridgehead atoms. The maximum atomic E-state index is 11.3. The molecule has 0 aliphatic heterocycles. The van der Waals surface area contributed by atoms with Crippen LogP contribution in [-0.4, -0.2) is 0 Å². The molecule has 1 aromatic heterocycles. The molecule has 0 spiro atoms. The molecule has 1 heterocycles. The lowest BCUT2D eigenvalue weighted by Crippen LogP contribution is -1.96. The van der Waals surface area contributed by atoms with Crippen LogP contribution in [0, 0.1) is 6.92 Å². The van der Waals surface area contributed by atoms with E-state index >= 15 is 0 Å². The van der Waals surface area contributed by atoms with Crippen LogP contribution in [-0.2, 0) is 6.42 Å². The summed E-state index contributed by atoms with van der Waals surface area (Å²) in [6.45, 7) is 8.58. The van der Waals surface area contributed by atoms with Crippen LogP contribution in [0.2, 0.25) is 0 Å². The SMILES string of the molecule is CC(C)=CCC/C(C)=C/CC/C=C/Cc1cc2ccc(=O)oc2cc1C. The van der Waals surface area contributed by atoms with Crippen LogP contribution in [0.25, 0.3) is 11.0 Å². The zero-order valence-electron chi connectivity index (χ0n) is 16.5. The highest BCUT2D eigenvalue weighted by Gasteiger charge is 2.02. The highest BCUT2D eigenvalue weighted by molar-refractivity contribution is 5.78. The molecule has 0 atom stereocenters. The van der Waals surface area contributed by atoms with Gasteiger partial charge in [-0.05, 0) is 89.1 Å². The summed E-state index contributed by atoms with van der Waals surface area (Å²) in [7, 11) is 0. The summed E-state index contributed by atoms with van der Waals surface area (Å²) in [5, 5.41) is 0.980. The van der Waals surface area contributed by atoms with Crippen LogP contribution in [0.4, 0.5) is 0 Å². The number of hydrogen-bond acceptors (Lipinski definition) is 2. The molecule has 0 saturated carbocycles. The summed E-state index contributed by atoms with van der Waals surface area (Å²) in [6, 6.07) is 7.38. The first kappa shape index (κ1) is 20.0. The molecule has 2 heteroatoms. The van der Waals surface area contributed by atoms with Crippen molar-refractivity contribution in [3.8, 4) is 0 Å². The van der Waals surface area contributed by atoms with E-state index in [1.165, 1.54) is 22.8 Å². The highest BCUT2D eigenvalue weighted by Crippen LogP contribution is 2.19. The lowest BCUT2D eigenvalue weighted by Gasteiger charge is -2.05. The largest absolute Gasteiger partial charge is 0.423 e. The quantitative estimate of drug-likeness (QED) is 0.302. The molecule has 0 unspecified atom stereocenters. The van der Waals surface area contributed by atoms with Crippen molar-refractivity contribution < 1.29 is 4.42 Å². The fourth-order valence-corrected chi connectivity index (χ4v) is 2.93. The first-order valence-electron chi connectivity index (χ1n) is 9.43. The molecule has 0 fully saturated rings. The van der Waals surface area contributed by atoms with Gasteiger partial charge in [0.15, 0.2) is 0 Å². The van der Waals surface area contributed by atoms with E-state index in [4.69, 9.17) is 4.42 Å². The maximum Gasteiger partial charge on any atom is 0.336 e. The number of rotatable bonds is 8. The summed E-state index contributed by atoms with van der Waals surface area (Å²) in [5.41, 5.74) is 5.67. The van der Waals surface area contributed by atoms with Gasteiger partial charge in [-0.25, -0.2) is 4.79 Å². The Hall–Kier alpha value is -2.35. The number of benzene rings is 1. The fourth-order valence-electron chi connectivity index (χ4n) is 2.93. The molecule has 0 saturated heterocycles. The Morgan fingerprint density at radius 2 is 1.81 bits per heavy atom. The molecule has 0 aliphatic rings. The Morgan fingerprint density at radius 3 is 2.58 bits per heavy atom. The maximum absolute atomic E-state index is 11.3. The van der Waals surface area contributed by atoms with E-state index in [0.29, 0.717) is 5.58 Å². The fraction of sp³-hybridized carbons (Fsp3) is 0.375. The second-order valence-corrected chi connectivity index (χ2v) is 7.19. The van der Waals surface area contributed by atoms with Crippen molar-refractivity contribution in [3.63, 3.8) is 0 Å². The van der Waals surface area contributed by atoms with E-state index in [-0.39, 0.29) is 5.63 Å². The van der Waals surface area contributed by atoms with Gasteiger partial charge < -0.3 is 4.42 Å². The molecule has 2 rings (SSSR count). The Kier molecular flexibility index (Phi) is 7.65. The molecule has 2 aromatic rings. The first-order chi connectivity index (χ1) is 12.5. The van der Waals surface area contributed by atoms with Gasteiger partial charge in [-0.3, -0.25) is 0 Å². The summed E-state index contributed by atoms with van der Waals surface area (Å²) in [4.78, 5) is 11.3. The monoisotopic (exact) mass is 350 g/mol. The average molecular weight is 351 g/mol. The topological polar surface area (TPSA) is 30.2 Å². The van der Waals surface area contributed by atoms with Crippen LogP contribution in [0.5, 0.6) is 0 Å². The van der Waals surface area contributed by atoms with Crippen molar-refractivity contribution in [1.29, 1.82) is 0 Å². The number of aryl methyl sites for hydroxylation is 1. The van der Waals surface area contributed by atoms with E-state index in [2.05, 4.69) is 58.1 Å². The van der Waals surface area contributed by atoms with Crippen molar-refractivity contribution in [2.45, 2.75) is 59.8 Å². The van der Waals surface area contributed by atoms with E-state index < -0.39 is 0 Å². The lowest BCUT2D eigenvalue weighted by atomic mass is 10.0. The van der Waals surface area contributed by atoms with E-state index in [9.17, 15) is 4.79 Å².